The minimum Gasteiger partial charge on any atom is -0.411 e. The molecule has 0 aliphatic rings. The normalized spacial score (nSPS) is 10.9. The van der Waals surface area contributed by atoms with E-state index in [0.29, 0.717) is 16.5 Å². The maximum Gasteiger partial charge on any atom is 0.277 e. The second kappa shape index (κ2) is 5.46. The summed E-state index contributed by atoms with van der Waals surface area (Å²) in [5.41, 5.74) is 1.11. The molecule has 0 amide bonds. The third-order valence-corrected chi connectivity index (χ3v) is 3.37. The van der Waals surface area contributed by atoms with Crippen molar-refractivity contribution >= 4 is 11.8 Å². The predicted molar refractivity (Wildman–Crippen MR) is 70.5 cm³/mol. The first-order chi connectivity index (χ1) is 9.72. The van der Waals surface area contributed by atoms with Crippen molar-refractivity contribution in [3.05, 3.63) is 47.6 Å². The van der Waals surface area contributed by atoms with Crippen molar-refractivity contribution in [3.8, 4) is 11.5 Å². The van der Waals surface area contributed by atoms with Gasteiger partial charge in [0.15, 0.2) is 0 Å². The van der Waals surface area contributed by atoms with Gasteiger partial charge in [-0.25, -0.2) is 4.39 Å². The van der Waals surface area contributed by atoms with Crippen molar-refractivity contribution in [1.29, 1.82) is 0 Å². The smallest absolute Gasteiger partial charge is 0.277 e. The quantitative estimate of drug-likeness (QED) is 0.686. The van der Waals surface area contributed by atoms with E-state index in [2.05, 4.69) is 15.4 Å². The van der Waals surface area contributed by atoms with Gasteiger partial charge in [0, 0.05) is 6.07 Å². The summed E-state index contributed by atoms with van der Waals surface area (Å²) in [6.45, 7) is 1.85. The number of hydrogen-bond donors (Lipinski definition) is 0. The predicted octanol–water partition coefficient (Wildman–Crippen LogP) is 3.46. The van der Waals surface area contributed by atoms with Crippen LogP contribution < -0.4 is 0 Å². The zero-order chi connectivity index (χ0) is 13.9. The van der Waals surface area contributed by atoms with Crippen LogP contribution in [0, 0.1) is 12.7 Å². The van der Waals surface area contributed by atoms with Crippen molar-refractivity contribution in [2.75, 3.05) is 0 Å². The highest BCUT2D eigenvalue weighted by atomic mass is 32.2. The molecule has 0 aliphatic carbocycles. The molecule has 2 heterocycles. The monoisotopic (exact) mass is 291 g/mol. The van der Waals surface area contributed by atoms with E-state index in [4.69, 9.17) is 8.94 Å². The van der Waals surface area contributed by atoms with Crippen molar-refractivity contribution in [3.63, 3.8) is 0 Å². The van der Waals surface area contributed by atoms with E-state index in [1.807, 2.05) is 13.0 Å². The van der Waals surface area contributed by atoms with Gasteiger partial charge in [-0.05, 0) is 19.1 Å². The highest BCUT2D eigenvalue weighted by molar-refractivity contribution is 7.98. The van der Waals surface area contributed by atoms with Crippen LogP contribution in [0.2, 0.25) is 0 Å². The summed E-state index contributed by atoms with van der Waals surface area (Å²) in [6.07, 6.45) is 0. The Balaban J connectivity index is 1.72. The molecule has 0 aliphatic heterocycles. The van der Waals surface area contributed by atoms with Crippen LogP contribution in [0.15, 0.2) is 44.5 Å². The summed E-state index contributed by atoms with van der Waals surface area (Å²) in [6, 6.07) is 8.10. The summed E-state index contributed by atoms with van der Waals surface area (Å²) in [7, 11) is 0. The van der Waals surface area contributed by atoms with Crippen molar-refractivity contribution in [2.45, 2.75) is 17.9 Å². The summed E-state index contributed by atoms with van der Waals surface area (Å²) in [5.74, 6) is 1.02. The first kappa shape index (κ1) is 12.9. The molecule has 20 heavy (non-hydrogen) atoms. The lowest BCUT2D eigenvalue weighted by atomic mass is 10.2. The molecule has 3 rings (SSSR count). The van der Waals surface area contributed by atoms with Crippen LogP contribution in [0.5, 0.6) is 0 Å². The second-order valence-electron chi connectivity index (χ2n) is 4.08. The van der Waals surface area contributed by atoms with E-state index in [1.54, 1.807) is 18.2 Å². The Hall–Kier alpha value is -2.15. The Morgan fingerprint density at radius 2 is 2.10 bits per heavy atom. The van der Waals surface area contributed by atoms with E-state index >= 15 is 0 Å². The molecule has 3 aromatic rings. The minimum absolute atomic E-state index is 0.166. The summed E-state index contributed by atoms with van der Waals surface area (Å²) in [5, 5.41) is 11.9. The molecule has 0 spiro atoms. The van der Waals surface area contributed by atoms with E-state index in [-0.39, 0.29) is 5.89 Å². The molecule has 0 atom stereocenters. The van der Waals surface area contributed by atoms with E-state index in [1.165, 1.54) is 17.8 Å². The Morgan fingerprint density at radius 1 is 1.25 bits per heavy atom. The third kappa shape index (κ3) is 2.72. The van der Waals surface area contributed by atoms with Gasteiger partial charge >= 0.3 is 0 Å². The minimum atomic E-state index is -0.390. The number of halogens is 1. The Labute approximate surface area is 118 Å². The maximum absolute atomic E-state index is 13.6. The molecule has 2 aromatic heterocycles. The average Bonchev–Trinajstić information content (AvgIpc) is 3.06. The van der Waals surface area contributed by atoms with Gasteiger partial charge in [-0.2, -0.15) is 0 Å². The molecule has 0 saturated carbocycles. The Bertz CT molecular complexity index is 726. The van der Waals surface area contributed by atoms with Gasteiger partial charge in [0.1, 0.15) is 11.6 Å². The summed E-state index contributed by atoms with van der Waals surface area (Å²) >= 11 is 1.31. The topological polar surface area (TPSA) is 65.0 Å². The molecule has 102 valence electrons. The summed E-state index contributed by atoms with van der Waals surface area (Å²) < 4.78 is 24.1. The number of thioether (sulfide) groups is 1. The lowest BCUT2D eigenvalue weighted by Crippen LogP contribution is -1.82. The molecule has 0 bridgehead atoms. The fourth-order valence-corrected chi connectivity index (χ4v) is 2.27. The lowest BCUT2D eigenvalue weighted by molar-refractivity contribution is 0.390. The van der Waals surface area contributed by atoms with Crippen LogP contribution in [-0.4, -0.2) is 15.4 Å². The second-order valence-corrected chi connectivity index (χ2v) is 5.00. The average molecular weight is 291 g/mol. The van der Waals surface area contributed by atoms with Crippen molar-refractivity contribution < 1.29 is 13.3 Å². The Morgan fingerprint density at radius 3 is 2.85 bits per heavy atom. The fraction of sp³-hybridized carbons (Fsp3) is 0.154. The first-order valence-electron chi connectivity index (χ1n) is 5.86. The van der Waals surface area contributed by atoms with Crippen LogP contribution >= 0.6 is 11.8 Å². The Kier molecular flexibility index (Phi) is 3.51. The van der Waals surface area contributed by atoms with Crippen molar-refractivity contribution in [1.82, 2.24) is 15.4 Å². The van der Waals surface area contributed by atoms with Crippen LogP contribution in [0.1, 0.15) is 11.5 Å². The highest BCUT2D eigenvalue weighted by Gasteiger charge is 2.13. The van der Waals surface area contributed by atoms with Crippen LogP contribution in [0.4, 0.5) is 4.39 Å². The zero-order valence-electron chi connectivity index (χ0n) is 10.5. The molecule has 0 unspecified atom stereocenters. The first-order valence-corrected chi connectivity index (χ1v) is 6.84. The van der Waals surface area contributed by atoms with Gasteiger partial charge in [-0.3, -0.25) is 0 Å². The van der Waals surface area contributed by atoms with Gasteiger partial charge in [0.05, 0.1) is 17.0 Å². The lowest BCUT2D eigenvalue weighted by Gasteiger charge is -1.95. The maximum atomic E-state index is 13.6. The standard InChI is InChI=1S/C13H10FN3O2S/c1-8-6-9(19-17-8)7-20-13-16-15-12(18-13)10-4-2-3-5-11(10)14/h2-6H,7H2,1H3. The molecule has 5 nitrogen and oxygen atoms in total. The van der Waals surface area contributed by atoms with E-state index in [9.17, 15) is 4.39 Å². The molecule has 1 aromatic carbocycles. The van der Waals surface area contributed by atoms with Gasteiger partial charge < -0.3 is 8.94 Å². The highest BCUT2D eigenvalue weighted by Crippen LogP contribution is 2.27. The molecule has 0 fully saturated rings. The molecular formula is C13H10FN3O2S. The van der Waals surface area contributed by atoms with Crippen LogP contribution in [-0.2, 0) is 5.75 Å². The van der Waals surface area contributed by atoms with Gasteiger partial charge in [0.2, 0.25) is 0 Å². The van der Waals surface area contributed by atoms with E-state index < -0.39 is 5.82 Å². The number of hydrogen-bond acceptors (Lipinski definition) is 6. The largest absolute Gasteiger partial charge is 0.411 e. The van der Waals surface area contributed by atoms with Gasteiger partial charge in [-0.15, -0.1) is 10.2 Å². The number of nitrogens with zero attached hydrogens (tertiary/aromatic N) is 3. The number of aromatic nitrogens is 3. The molecule has 7 heteroatoms. The van der Waals surface area contributed by atoms with Crippen molar-refractivity contribution in [2.24, 2.45) is 0 Å². The third-order valence-electron chi connectivity index (χ3n) is 2.53. The van der Waals surface area contributed by atoms with Gasteiger partial charge in [0.25, 0.3) is 11.1 Å². The number of benzene rings is 1. The van der Waals surface area contributed by atoms with E-state index in [0.717, 1.165) is 11.5 Å². The molecule has 0 radical (unpaired) electrons. The van der Waals surface area contributed by atoms with Gasteiger partial charge in [-0.1, -0.05) is 29.1 Å². The fourth-order valence-electron chi connectivity index (χ4n) is 1.63. The number of rotatable bonds is 4. The SMILES string of the molecule is Cc1cc(CSc2nnc(-c3ccccc3F)o2)on1. The van der Waals surface area contributed by atoms with Crippen LogP contribution in [0.3, 0.4) is 0 Å². The number of aryl methyl sites for hydroxylation is 1. The molecule has 0 saturated heterocycles. The summed E-state index contributed by atoms with van der Waals surface area (Å²) in [4.78, 5) is 0. The zero-order valence-corrected chi connectivity index (χ0v) is 11.4. The molecular weight excluding hydrogens is 281 g/mol. The van der Waals surface area contributed by atoms with Crippen LogP contribution in [0.25, 0.3) is 11.5 Å². The molecule has 0 N–H and O–H groups in total.